The van der Waals surface area contributed by atoms with Crippen LogP contribution in [0.4, 0.5) is 8.78 Å². The number of nitrogens with zero attached hydrogens (tertiary/aromatic N) is 2. The Hall–Kier alpha value is -1.79. The molecular weight excluding hydrogens is 325 g/mol. The number of alkyl halides is 2. The summed E-state index contributed by atoms with van der Waals surface area (Å²) < 4.78 is 25.7. The van der Waals surface area contributed by atoms with Crippen molar-refractivity contribution in [3.63, 3.8) is 0 Å². The number of hydrogen-bond acceptors (Lipinski definition) is 3. The van der Waals surface area contributed by atoms with Gasteiger partial charge in [-0.05, 0) is 17.7 Å². The highest BCUT2D eigenvalue weighted by Gasteiger charge is 2.21. The Labute approximate surface area is 128 Å². The van der Waals surface area contributed by atoms with Crippen molar-refractivity contribution >= 4 is 29.2 Å². The van der Waals surface area contributed by atoms with E-state index in [9.17, 15) is 13.6 Å². The third-order valence-corrected chi connectivity index (χ3v) is 3.39. The molecule has 0 unspecified atom stereocenters. The van der Waals surface area contributed by atoms with Crippen LogP contribution in [0.3, 0.4) is 0 Å². The fourth-order valence-electron chi connectivity index (χ4n) is 1.68. The number of rotatable bonds is 4. The van der Waals surface area contributed by atoms with Gasteiger partial charge in [-0.15, -0.1) is 0 Å². The SMILES string of the molecule is O=C(O)c1cnc(Cc2ccc(Cl)c(Cl)c2)nc1C(F)F. The summed E-state index contributed by atoms with van der Waals surface area (Å²) in [6.07, 6.45) is -1.98. The van der Waals surface area contributed by atoms with Crippen LogP contribution in [0.15, 0.2) is 24.4 Å². The molecule has 1 aromatic carbocycles. The molecule has 0 saturated heterocycles. The highest BCUT2D eigenvalue weighted by molar-refractivity contribution is 6.42. The molecule has 0 aliphatic heterocycles. The summed E-state index contributed by atoms with van der Waals surface area (Å²) in [7, 11) is 0. The largest absolute Gasteiger partial charge is 0.478 e. The Morgan fingerprint density at radius 1 is 1.29 bits per heavy atom. The number of benzene rings is 1. The van der Waals surface area contributed by atoms with Crippen LogP contribution >= 0.6 is 23.2 Å². The van der Waals surface area contributed by atoms with Gasteiger partial charge in [0.1, 0.15) is 17.1 Å². The Kier molecular flexibility index (Phi) is 4.69. The Balaban J connectivity index is 2.34. The fraction of sp³-hybridized carbons (Fsp3) is 0.154. The van der Waals surface area contributed by atoms with Gasteiger partial charge in [0.05, 0.1) is 10.0 Å². The molecule has 0 aliphatic rings. The van der Waals surface area contributed by atoms with Crippen molar-refractivity contribution in [2.24, 2.45) is 0 Å². The van der Waals surface area contributed by atoms with Crippen molar-refractivity contribution in [2.45, 2.75) is 12.8 Å². The summed E-state index contributed by atoms with van der Waals surface area (Å²) in [5.41, 5.74) is -0.733. The van der Waals surface area contributed by atoms with E-state index in [0.29, 0.717) is 15.6 Å². The van der Waals surface area contributed by atoms with E-state index in [1.165, 1.54) is 0 Å². The molecule has 0 bridgehead atoms. The smallest absolute Gasteiger partial charge is 0.339 e. The Morgan fingerprint density at radius 2 is 2.00 bits per heavy atom. The van der Waals surface area contributed by atoms with E-state index in [1.54, 1.807) is 18.2 Å². The van der Waals surface area contributed by atoms with E-state index in [4.69, 9.17) is 28.3 Å². The fourth-order valence-corrected chi connectivity index (χ4v) is 2.00. The number of carboxylic acids is 1. The van der Waals surface area contributed by atoms with E-state index in [1.807, 2.05) is 0 Å². The topological polar surface area (TPSA) is 63.1 Å². The van der Waals surface area contributed by atoms with Crippen LogP contribution in [0.1, 0.15) is 33.9 Å². The molecule has 1 aromatic heterocycles. The quantitative estimate of drug-likeness (QED) is 0.918. The summed E-state index contributed by atoms with van der Waals surface area (Å²) in [4.78, 5) is 18.2. The highest BCUT2D eigenvalue weighted by Crippen LogP contribution is 2.24. The zero-order valence-corrected chi connectivity index (χ0v) is 11.9. The first kappa shape index (κ1) is 15.6. The average Bonchev–Trinajstić information content (AvgIpc) is 2.42. The van der Waals surface area contributed by atoms with Crippen LogP contribution in [0.5, 0.6) is 0 Å². The van der Waals surface area contributed by atoms with Gasteiger partial charge in [0.25, 0.3) is 6.43 Å². The predicted molar refractivity (Wildman–Crippen MR) is 73.2 cm³/mol. The number of halogens is 4. The van der Waals surface area contributed by atoms with E-state index in [2.05, 4.69) is 9.97 Å². The van der Waals surface area contributed by atoms with Gasteiger partial charge in [-0.1, -0.05) is 29.3 Å². The molecule has 8 heteroatoms. The van der Waals surface area contributed by atoms with Gasteiger partial charge in [-0.25, -0.2) is 23.5 Å². The van der Waals surface area contributed by atoms with Gasteiger partial charge in [-0.2, -0.15) is 0 Å². The lowest BCUT2D eigenvalue weighted by atomic mass is 10.1. The molecular formula is C13H8Cl2F2N2O2. The van der Waals surface area contributed by atoms with E-state index >= 15 is 0 Å². The molecule has 0 amide bonds. The first-order valence-electron chi connectivity index (χ1n) is 5.69. The van der Waals surface area contributed by atoms with Crippen LogP contribution in [-0.2, 0) is 6.42 Å². The predicted octanol–water partition coefficient (Wildman–Crippen LogP) is 4.01. The molecule has 0 fully saturated rings. The van der Waals surface area contributed by atoms with Crippen LogP contribution in [0.2, 0.25) is 10.0 Å². The average molecular weight is 333 g/mol. The summed E-state index contributed by atoms with van der Waals surface area (Å²) in [5, 5.41) is 9.51. The number of hydrogen-bond donors (Lipinski definition) is 1. The second-order valence-electron chi connectivity index (χ2n) is 4.12. The van der Waals surface area contributed by atoms with Gasteiger partial charge < -0.3 is 5.11 Å². The van der Waals surface area contributed by atoms with Gasteiger partial charge in [0.15, 0.2) is 0 Å². The molecule has 2 aromatic rings. The standard InChI is InChI=1S/C13H8Cl2F2N2O2/c14-8-2-1-6(3-9(8)15)4-10-18-5-7(13(20)21)11(19-10)12(16)17/h1-3,5,12H,4H2,(H,20,21). The van der Waals surface area contributed by atoms with Crippen molar-refractivity contribution in [3.05, 3.63) is 57.1 Å². The molecule has 4 nitrogen and oxygen atoms in total. The van der Waals surface area contributed by atoms with Gasteiger partial charge in [0.2, 0.25) is 0 Å². The molecule has 0 atom stereocenters. The molecule has 21 heavy (non-hydrogen) atoms. The Morgan fingerprint density at radius 3 is 2.57 bits per heavy atom. The minimum Gasteiger partial charge on any atom is -0.478 e. The van der Waals surface area contributed by atoms with Gasteiger partial charge in [-0.3, -0.25) is 0 Å². The van der Waals surface area contributed by atoms with E-state index in [-0.39, 0.29) is 12.2 Å². The maximum atomic E-state index is 12.8. The second kappa shape index (κ2) is 6.32. The van der Waals surface area contributed by atoms with Crippen molar-refractivity contribution < 1.29 is 18.7 Å². The molecule has 0 spiro atoms. The lowest BCUT2D eigenvalue weighted by molar-refractivity contribution is 0.0681. The van der Waals surface area contributed by atoms with Crippen molar-refractivity contribution in [3.8, 4) is 0 Å². The zero-order chi connectivity index (χ0) is 15.6. The molecule has 0 aliphatic carbocycles. The van der Waals surface area contributed by atoms with Crippen molar-refractivity contribution in [2.75, 3.05) is 0 Å². The molecule has 0 saturated carbocycles. The summed E-state index contributed by atoms with van der Waals surface area (Å²) >= 11 is 11.6. The van der Waals surface area contributed by atoms with Crippen molar-refractivity contribution in [1.29, 1.82) is 0 Å². The van der Waals surface area contributed by atoms with Crippen LogP contribution in [-0.4, -0.2) is 21.0 Å². The van der Waals surface area contributed by atoms with E-state index in [0.717, 1.165) is 6.20 Å². The summed E-state index contributed by atoms with van der Waals surface area (Å²) in [6, 6.07) is 4.80. The number of carboxylic acid groups (broad SMARTS) is 1. The third kappa shape index (κ3) is 3.65. The lowest BCUT2D eigenvalue weighted by Gasteiger charge is -2.07. The molecule has 2 rings (SSSR count). The van der Waals surface area contributed by atoms with Gasteiger partial charge >= 0.3 is 5.97 Å². The first-order chi connectivity index (χ1) is 9.88. The van der Waals surface area contributed by atoms with Gasteiger partial charge in [0, 0.05) is 12.6 Å². The highest BCUT2D eigenvalue weighted by atomic mass is 35.5. The monoisotopic (exact) mass is 332 g/mol. The number of carbonyl (C=O) groups is 1. The zero-order valence-electron chi connectivity index (χ0n) is 10.4. The van der Waals surface area contributed by atoms with Crippen LogP contribution in [0.25, 0.3) is 0 Å². The lowest BCUT2D eigenvalue weighted by Crippen LogP contribution is -2.09. The summed E-state index contributed by atoms with van der Waals surface area (Å²) in [5.74, 6) is -1.42. The Bertz CT molecular complexity index is 696. The minimum absolute atomic E-state index is 0.0775. The molecule has 0 radical (unpaired) electrons. The maximum absolute atomic E-state index is 12.8. The summed E-state index contributed by atoms with van der Waals surface area (Å²) in [6.45, 7) is 0. The number of aromatic nitrogens is 2. The molecule has 1 heterocycles. The van der Waals surface area contributed by atoms with E-state index < -0.39 is 23.7 Å². The normalized spacial score (nSPS) is 10.9. The number of aromatic carboxylic acids is 1. The first-order valence-corrected chi connectivity index (χ1v) is 6.45. The molecule has 1 N–H and O–H groups in total. The second-order valence-corrected chi connectivity index (χ2v) is 4.93. The molecule has 110 valence electrons. The van der Waals surface area contributed by atoms with Crippen LogP contribution in [0, 0.1) is 0 Å². The van der Waals surface area contributed by atoms with Crippen LogP contribution < -0.4 is 0 Å². The maximum Gasteiger partial charge on any atom is 0.339 e. The van der Waals surface area contributed by atoms with Crippen molar-refractivity contribution in [1.82, 2.24) is 9.97 Å². The third-order valence-electron chi connectivity index (χ3n) is 2.65. The minimum atomic E-state index is -2.99.